The molecule has 1 aliphatic carbocycles. The Labute approximate surface area is 269 Å². The van der Waals surface area contributed by atoms with E-state index in [2.05, 4.69) is 21.3 Å². The molecule has 0 radical (unpaired) electrons. The van der Waals surface area contributed by atoms with E-state index in [0.29, 0.717) is 31.1 Å². The van der Waals surface area contributed by atoms with E-state index in [4.69, 9.17) is 15.5 Å². The highest BCUT2D eigenvalue weighted by molar-refractivity contribution is 7.22. The highest BCUT2D eigenvalue weighted by Gasteiger charge is 2.30. The van der Waals surface area contributed by atoms with Crippen molar-refractivity contribution in [2.75, 3.05) is 35.3 Å². The molecular formula is C34H46N6O4S. The lowest BCUT2D eigenvalue weighted by atomic mass is 9.98. The maximum atomic E-state index is 13.2. The van der Waals surface area contributed by atoms with Gasteiger partial charge in [-0.2, -0.15) is 0 Å². The zero-order valence-corrected chi connectivity index (χ0v) is 27.2. The summed E-state index contributed by atoms with van der Waals surface area (Å²) in [6.07, 6.45) is 16.2. The lowest BCUT2D eigenvalue weighted by molar-refractivity contribution is -0.118. The van der Waals surface area contributed by atoms with Crippen molar-refractivity contribution in [3.8, 4) is 11.1 Å². The molecule has 2 aliphatic rings. The Balaban J connectivity index is 1.14. The van der Waals surface area contributed by atoms with Crippen LogP contribution < -0.4 is 20.9 Å². The molecule has 242 valence electrons. The Morgan fingerprint density at radius 2 is 1.64 bits per heavy atom. The quantitative estimate of drug-likeness (QED) is 0.177. The van der Waals surface area contributed by atoms with Gasteiger partial charge in [-0.3, -0.25) is 14.5 Å². The lowest BCUT2D eigenvalue weighted by Crippen LogP contribution is -2.44. The molecule has 1 saturated carbocycles. The number of fused-ring (bicyclic) bond motifs is 2. The van der Waals surface area contributed by atoms with Crippen molar-refractivity contribution in [3.63, 3.8) is 0 Å². The average molecular weight is 635 g/mol. The van der Waals surface area contributed by atoms with Crippen LogP contribution in [0.3, 0.4) is 0 Å². The molecule has 2 aromatic heterocycles. The summed E-state index contributed by atoms with van der Waals surface area (Å²) in [5, 5.41) is 3.58. The van der Waals surface area contributed by atoms with Crippen LogP contribution >= 0.6 is 11.3 Å². The minimum Gasteiger partial charge on any atom is -0.446 e. The molecule has 0 atom stereocenters. The molecular weight excluding hydrogens is 588 g/mol. The average Bonchev–Trinajstić information content (AvgIpc) is 3.43. The Hall–Kier alpha value is -3.73. The molecule has 1 fully saturated rings. The summed E-state index contributed by atoms with van der Waals surface area (Å²) < 4.78 is 6.89. The number of nitrogens with zero attached hydrogens (tertiary/aromatic N) is 4. The third kappa shape index (κ3) is 9.15. The molecule has 1 aromatic carbocycles. The number of nitrogens with one attached hydrogen (secondary N) is 1. The van der Waals surface area contributed by atoms with E-state index in [1.165, 1.54) is 17.8 Å². The fraction of sp³-hybridized carbons (Fsp3) is 0.559. The monoisotopic (exact) mass is 634 g/mol. The first-order valence-corrected chi connectivity index (χ1v) is 17.4. The molecule has 3 N–H and O–H groups in total. The Morgan fingerprint density at radius 1 is 0.933 bits per heavy atom. The summed E-state index contributed by atoms with van der Waals surface area (Å²) in [6.45, 7) is 1.25. The van der Waals surface area contributed by atoms with Crippen molar-refractivity contribution in [2.45, 2.75) is 102 Å². The zero-order chi connectivity index (χ0) is 31.6. The van der Waals surface area contributed by atoms with Crippen LogP contribution in [0.25, 0.3) is 21.3 Å². The first kappa shape index (κ1) is 32.7. The van der Waals surface area contributed by atoms with Gasteiger partial charge >= 0.3 is 6.09 Å². The molecule has 3 amide bonds. The normalized spacial score (nSPS) is 15.2. The number of hydrogen-bond donors (Lipinski definition) is 2. The Kier molecular flexibility index (Phi) is 11.6. The molecule has 0 saturated heterocycles. The molecule has 3 heterocycles. The van der Waals surface area contributed by atoms with Crippen molar-refractivity contribution in [2.24, 2.45) is 5.73 Å². The molecule has 0 unspecified atom stereocenters. The maximum Gasteiger partial charge on any atom is 0.414 e. The van der Waals surface area contributed by atoms with Gasteiger partial charge in [0.05, 0.1) is 15.9 Å². The van der Waals surface area contributed by atoms with Gasteiger partial charge < -0.3 is 20.7 Å². The number of carbonyl (C=O) groups excluding carboxylic acids is 3. The largest absolute Gasteiger partial charge is 0.446 e. The van der Waals surface area contributed by atoms with Gasteiger partial charge in [0, 0.05) is 44.7 Å². The number of unbranched alkanes of at least 4 members (excludes halogenated alkanes) is 7. The van der Waals surface area contributed by atoms with Crippen LogP contribution in [-0.2, 0) is 14.3 Å². The number of thiazole rings is 1. The summed E-state index contributed by atoms with van der Waals surface area (Å²) >= 11 is 1.46. The number of benzene rings is 1. The van der Waals surface area contributed by atoms with Gasteiger partial charge in [0.25, 0.3) is 0 Å². The summed E-state index contributed by atoms with van der Waals surface area (Å²) in [7, 11) is 1.99. The Bertz CT molecular complexity index is 1470. The topological polar surface area (TPSA) is 131 Å². The van der Waals surface area contributed by atoms with Gasteiger partial charge in [-0.15, -0.1) is 0 Å². The lowest BCUT2D eigenvalue weighted by Gasteiger charge is -2.35. The maximum absolute atomic E-state index is 13.2. The number of pyridine rings is 1. The second-order valence-electron chi connectivity index (χ2n) is 12.3. The van der Waals surface area contributed by atoms with Crippen LogP contribution in [0.5, 0.6) is 0 Å². The number of aromatic nitrogens is 2. The van der Waals surface area contributed by atoms with Crippen molar-refractivity contribution in [1.29, 1.82) is 0 Å². The second-order valence-corrected chi connectivity index (χ2v) is 13.4. The van der Waals surface area contributed by atoms with Crippen LogP contribution in [0, 0.1) is 0 Å². The van der Waals surface area contributed by atoms with Crippen molar-refractivity contribution >= 4 is 56.1 Å². The SMILES string of the molecule is CN1CCN(C(=O)OC2CCCCC2)c2cc(-c3ccc4nc(NC(=O)CCCCCCCCCCC(N)=O)sc4c3)cnc21. The minimum atomic E-state index is -0.290. The van der Waals surface area contributed by atoms with E-state index in [-0.39, 0.29) is 24.0 Å². The van der Waals surface area contributed by atoms with Gasteiger partial charge in [0.1, 0.15) is 6.10 Å². The number of ether oxygens (including phenoxy) is 1. The predicted molar refractivity (Wildman–Crippen MR) is 181 cm³/mol. The Morgan fingerprint density at radius 3 is 2.38 bits per heavy atom. The van der Waals surface area contributed by atoms with Crippen molar-refractivity contribution < 1.29 is 19.1 Å². The number of hydrogen-bond acceptors (Lipinski definition) is 8. The number of amides is 3. The van der Waals surface area contributed by atoms with E-state index in [1.807, 2.05) is 31.4 Å². The van der Waals surface area contributed by atoms with Crippen LogP contribution in [0.1, 0.15) is 96.3 Å². The molecule has 0 bridgehead atoms. The first-order valence-electron chi connectivity index (χ1n) is 16.6. The van der Waals surface area contributed by atoms with E-state index in [0.717, 1.165) is 110 Å². The van der Waals surface area contributed by atoms with Gasteiger partial charge in [0.15, 0.2) is 10.9 Å². The van der Waals surface area contributed by atoms with E-state index in [9.17, 15) is 14.4 Å². The van der Waals surface area contributed by atoms with E-state index in [1.54, 1.807) is 4.90 Å². The highest BCUT2D eigenvalue weighted by Crippen LogP contribution is 2.37. The number of carbonyl (C=O) groups is 3. The molecule has 5 rings (SSSR count). The molecule has 45 heavy (non-hydrogen) atoms. The summed E-state index contributed by atoms with van der Waals surface area (Å²) in [5.41, 5.74) is 8.65. The molecule has 0 spiro atoms. The second kappa shape index (κ2) is 16.0. The van der Waals surface area contributed by atoms with Crippen molar-refractivity contribution in [1.82, 2.24) is 9.97 Å². The molecule has 11 heteroatoms. The highest BCUT2D eigenvalue weighted by atomic mass is 32.1. The fourth-order valence-electron chi connectivity index (χ4n) is 6.14. The van der Waals surface area contributed by atoms with Gasteiger partial charge in [0.2, 0.25) is 11.8 Å². The standard InChI is InChI=1S/C34H46N6O4S/c1-39-19-20-40(34(43)44-26-13-9-8-10-14-26)28-21-25(23-36-32(28)39)24-17-18-27-29(22-24)45-33(37-27)38-31(42)16-12-7-5-3-2-4-6-11-15-30(35)41/h17-18,21-23,26H,2-16,19-20H2,1H3,(H2,35,41)(H,37,38,42). The zero-order valence-electron chi connectivity index (χ0n) is 26.4. The van der Waals surface area contributed by atoms with Gasteiger partial charge in [-0.05, 0) is 62.3 Å². The smallest absolute Gasteiger partial charge is 0.414 e. The van der Waals surface area contributed by atoms with Crippen LogP contribution in [0.4, 0.5) is 21.4 Å². The van der Waals surface area contributed by atoms with Crippen LogP contribution in [0.2, 0.25) is 0 Å². The third-order valence-electron chi connectivity index (χ3n) is 8.74. The third-order valence-corrected chi connectivity index (χ3v) is 9.68. The minimum absolute atomic E-state index is 0.00344. The summed E-state index contributed by atoms with van der Waals surface area (Å²) in [4.78, 5) is 49.8. The number of nitrogens with two attached hydrogens (primary N) is 1. The number of likely N-dealkylation sites (N-methyl/N-ethyl adjacent to an activating group) is 1. The van der Waals surface area contributed by atoms with Crippen LogP contribution in [-0.4, -0.2) is 54.1 Å². The number of rotatable bonds is 14. The molecule has 10 nitrogen and oxygen atoms in total. The van der Waals surface area contributed by atoms with E-state index < -0.39 is 0 Å². The summed E-state index contributed by atoms with van der Waals surface area (Å²) in [5.74, 6) is 0.539. The predicted octanol–water partition coefficient (Wildman–Crippen LogP) is 7.41. The number of anilines is 3. The van der Waals surface area contributed by atoms with Crippen LogP contribution in [0.15, 0.2) is 30.5 Å². The molecule has 1 aliphatic heterocycles. The first-order chi connectivity index (χ1) is 21.9. The van der Waals surface area contributed by atoms with E-state index >= 15 is 0 Å². The van der Waals surface area contributed by atoms with Crippen molar-refractivity contribution in [3.05, 3.63) is 30.5 Å². The summed E-state index contributed by atoms with van der Waals surface area (Å²) in [6, 6.07) is 8.06. The molecule has 3 aromatic rings. The van der Waals surface area contributed by atoms with Gasteiger partial charge in [-0.25, -0.2) is 14.8 Å². The fourth-order valence-corrected chi connectivity index (χ4v) is 7.06. The number of primary amides is 1. The van der Waals surface area contributed by atoms with Gasteiger partial charge in [-0.1, -0.05) is 62.3 Å².